The fraction of sp³-hybridized carbons (Fsp3) is 0.316. The molecule has 2 aromatic carbocycles. The average Bonchev–Trinajstić information content (AvgIpc) is 3.14. The lowest BCUT2D eigenvalue weighted by Crippen LogP contribution is -2.37. The number of rotatable bonds is 2. The van der Waals surface area contributed by atoms with Crippen LogP contribution in [0.1, 0.15) is 40.3 Å². The number of hydrogen-bond donors (Lipinski definition) is 3. The van der Waals surface area contributed by atoms with Crippen molar-refractivity contribution in [3.8, 4) is 11.1 Å². The Morgan fingerprint density at radius 3 is 2.62 bits per heavy atom. The van der Waals surface area contributed by atoms with Gasteiger partial charge < -0.3 is 5.73 Å². The highest BCUT2D eigenvalue weighted by molar-refractivity contribution is 6.00. The Hall–Kier alpha value is -2.37. The fourth-order valence-corrected chi connectivity index (χ4v) is 3.91. The topological polar surface area (TPSA) is 65.7 Å². The lowest BCUT2D eigenvalue weighted by molar-refractivity contribution is 0.232. The summed E-state index contributed by atoms with van der Waals surface area (Å²) in [5.74, 6) is 0.843. The number of hydrogen-bond acceptors (Lipinski definition) is 5. The van der Waals surface area contributed by atoms with Gasteiger partial charge in [-0.25, -0.2) is 5.53 Å². The van der Waals surface area contributed by atoms with Gasteiger partial charge in [-0.2, -0.15) is 0 Å². The number of nitrogens with zero attached hydrogens (tertiary/aromatic N) is 2. The fourth-order valence-electron chi connectivity index (χ4n) is 3.91. The number of fused-ring (bicyclic) bond motifs is 1. The monoisotopic (exact) mass is 321 g/mol. The van der Waals surface area contributed by atoms with Crippen LogP contribution >= 0.6 is 0 Å². The minimum Gasteiger partial charge on any atom is -0.324 e. The van der Waals surface area contributed by atoms with Crippen LogP contribution in [0, 0.1) is 13.8 Å². The third-order valence-electron chi connectivity index (χ3n) is 4.98. The molecule has 1 aliphatic carbocycles. The summed E-state index contributed by atoms with van der Waals surface area (Å²) in [4.78, 5) is 0. The molecule has 0 fully saturated rings. The number of amidine groups is 1. The van der Waals surface area contributed by atoms with E-state index in [1.165, 1.54) is 33.4 Å². The zero-order valence-electron chi connectivity index (χ0n) is 14.4. The van der Waals surface area contributed by atoms with Crippen LogP contribution in [-0.2, 0) is 6.42 Å². The van der Waals surface area contributed by atoms with Gasteiger partial charge in [0.05, 0.1) is 0 Å². The molecule has 0 bridgehead atoms. The van der Waals surface area contributed by atoms with Crippen molar-refractivity contribution in [2.24, 2.45) is 10.8 Å². The van der Waals surface area contributed by atoms with E-state index >= 15 is 0 Å². The predicted molar refractivity (Wildman–Crippen MR) is 97.2 cm³/mol. The van der Waals surface area contributed by atoms with Gasteiger partial charge in [-0.1, -0.05) is 18.2 Å². The largest absolute Gasteiger partial charge is 0.324 e. The van der Waals surface area contributed by atoms with E-state index in [-0.39, 0.29) is 6.04 Å². The SMILES string of the molecule is Cc1cc(C2=NNN(C)N2)cc(C)c1-c1cccc2c1CC[C@H]2N. The van der Waals surface area contributed by atoms with Crippen molar-refractivity contribution in [1.29, 1.82) is 0 Å². The third-order valence-corrected chi connectivity index (χ3v) is 4.98. The lowest BCUT2D eigenvalue weighted by atomic mass is 9.89. The highest BCUT2D eigenvalue weighted by Crippen LogP contribution is 2.39. The van der Waals surface area contributed by atoms with Crippen molar-refractivity contribution in [1.82, 2.24) is 16.1 Å². The molecule has 0 radical (unpaired) electrons. The minimum atomic E-state index is 0.179. The van der Waals surface area contributed by atoms with Crippen molar-refractivity contribution in [2.75, 3.05) is 7.05 Å². The molecule has 124 valence electrons. The van der Waals surface area contributed by atoms with Crippen LogP contribution in [0.25, 0.3) is 11.1 Å². The van der Waals surface area contributed by atoms with Crippen molar-refractivity contribution in [2.45, 2.75) is 32.7 Å². The molecular weight excluding hydrogens is 298 g/mol. The van der Waals surface area contributed by atoms with Gasteiger partial charge in [0.15, 0.2) is 5.84 Å². The van der Waals surface area contributed by atoms with E-state index < -0.39 is 0 Å². The summed E-state index contributed by atoms with van der Waals surface area (Å²) in [5.41, 5.74) is 21.3. The molecule has 4 rings (SSSR count). The first-order valence-electron chi connectivity index (χ1n) is 8.37. The molecule has 0 spiro atoms. The van der Waals surface area contributed by atoms with Crippen LogP contribution in [-0.4, -0.2) is 18.0 Å². The quantitative estimate of drug-likeness (QED) is 0.795. The van der Waals surface area contributed by atoms with Crippen LogP contribution in [0.5, 0.6) is 0 Å². The Bertz CT molecular complexity index is 817. The summed E-state index contributed by atoms with van der Waals surface area (Å²) in [7, 11) is 1.89. The second-order valence-electron chi connectivity index (χ2n) is 6.73. The van der Waals surface area contributed by atoms with Gasteiger partial charge in [-0.15, -0.1) is 10.2 Å². The molecule has 4 N–H and O–H groups in total. The minimum absolute atomic E-state index is 0.179. The highest BCUT2D eigenvalue weighted by atomic mass is 15.9. The molecule has 24 heavy (non-hydrogen) atoms. The molecule has 0 unspecified atom stereocenters. The van der Waals surface area contributed by atoms with E-state index in [0.717, 1.165) is 24.2 Å². The van der Waals surface area contributed by atoms with Crippen molar-refractivity contribution >= 4 is 5.84 Å². The molecule has 0 amide bonds. The zero-order valence-corrected chi connectivity index (χ0v) is 14.4. The molecule has 0 saturated heterocycles. The molecule has 5 nitrogen and oxygen atoms in total. The summed E-state index contributed by atoms with van der Waals surface area (Å²) >= 11 is 0. The van der Waals surface area contributed by atoms with Gasteiger partial charge in [-0.3, -0.25) is 5.43 Å². The molecule has 2 aliphatic rings. The Balaban J connectivity index is 1.81. The number of aryl methyl sites for hydroxylation is 2. The molecule has 1 atom stereocenters. The maximum atomic E-state index is 6.25. The standard InChI is InChI=1S/C19H23N5/c1-11-9-13(19-21-23-24(3)22-19)10-12(2)18(11)16-6-4-5-15-14(16)7-8-17(15)20/h4-6,9-10,17,23H,7-8,20H2,1-3H3,(H,21,22)/t17-/m1/s1. The molecule has 1 aliphatic heterocycles. The van der Waals surface area contributed by atoms with Crippen LogP contribution in [0.4, 0.5) is 0 Å². The van der Waals surface area contributed by atoms with E-state index in [4.69, 9.17) is 5.73 Å². The first kappa shape index (κ1) is 15.2. The summed E-state index contributed by atoms with van der Waals surface area (Å²) < 4.78 is 0. The highest BCUT2D eigenvalue weighted by Gasteiger charge is 2.23. The molecule has 0 aromatic heterocycles. The molecular formula is C19H23N5. The number of nitrogens with two attached hydrogens (primary N) is 1. The Morgan fingerprint density at radius 2 is 1.96 bits per heavy atom. The van der Waals surface area contributed by atoms with Crippen LogP contribution in [0.15, 0.2) is 35.4 Å². The third kappa shape index (κ3) is 2.37. The first-order valence-corrected chi connectivity index (χ1v) is 8.37. The second-order valence-corrected chi connectivity index (χ2v) is 6.73. The average molecular weight is 321 g/mol. The van der Waals surface area contributed by atoms with E-state index in [0.29, 0.717) is 0 Å². The Morgan fingerprint density at radius 1 is 1.21 bits per heavy atom. The van der Waals surface area contributed by atoms with Gasteiger partial charge >= 0.3 is 0 Å². The van der Waals surface area contributed by atoms with Gasteiger partial charge in [0.2, 0.25) is 0 Å². The maximum absolute atomic E-state index is 6.25. The molecule has 1 heterocycles. The maximum Gasteiger partial charge on any atom is 0.170 e. The summed E-state index contributed by atoms with van der Waals surface area (Å²) in [6.45, 7) is 4.35. The Labute approximate surface area is 142 Å². The van der Waals surface area contributed by atoms with Gasteiger partial charge in [0.25, 0.3) is 0 Å². The van der Waals surface area contributed by atoms with E-state index in [1.54, 1.807) is 5.12 Å². The van der Waals surface area contributed by atoms with Crippen LogP contribution in [0.2, 0.25) is 0 Å². The van der Waals surface area contributed by atoms with E-state index in [2.05, 4.69) is 60.2 Å². The van der Waals surface area contributed by atoms with Gasteiger partial charge in [0, 0.05) is 18.7 Å². The molecule has 2 aromatic rings. The normalized spacial score (nSPS) is 19.7. The lowest BCUT2D eigenvalue weighted by Gasteiger charge is -2.17. The molecule has 0 saturated carbocycles. The number of hydrazine groups is 2. The van der Waals surface area contributed by atoms with Crippen LogP contribution < -0.4 is 16.7 Å². The summed E-state index contributed by atoms with van der Waals surface area (Å²) in [6, 6.07) is 11.1. The number of nitrogens with one attached hydrogen (secondary N) is 2. The van der Waals surface area contributed by atoms with Crippen molar-refractivity contribution in [3.63, 3.8) is 0 Å². The summed E-state index contributed by atoms with van der Waals surface area (Å²) in [6.07, 6.45) is 2.11. The zero-order chi connectivity index (χ0) is 16.8. The van der Waals surface area contributed by atoms with E-state index in [1.807, 2.05) is 7.05 Å². The van der Waals surface area contributed by atoms with Gasteiger partial charge in [0.1, 0.15) is 0 Å². The van der Waals surface area contributed by atoms with Crippen molar-refractivity contribution < 1.29 is 0 Å². The van der Waals surface area contributed by atoms with Crippen molar-refractivity contribution in [3.05, 3.63) is 58.1 Å². The molecule has 5 heteroatoms. The number of hydrazone groups is 1. The predicted octanol–water partition coefficient (Wildman–Crippen LogP) is 2.53. The van der Waals surface area contributed by atoms with Crippen LogP contribution in [0.3, 0.4) is 0 Å². The van der Waals surface area contributed by atoms with Gasteiger partial charge in [-0.05, 0) is 72.2 Å². The smallest absolute Gasteiger partial charge is 0.170 e. The second kappa shape index (κ2) is 5.61. The summed E-state index contributed by atoms with van der Waals surface area (Å²) in [5, 5.41) is 6.04. The van der Waals surface area contributed by atoms with E-state index in [9.17, 15) is 0 Å². The number of benzene rings is 2. The Kier molecular flexibility index (Phi) is 3.55. The first-order chi connectivity index (χ1) is 11.5.